The molecule has 0 aromatic heterocycles. The summed E-state index contributed by atoms with van der Waals surface area (Å²) in [5.74, 6) is 0.255. The van der Waals surface area contributed by atoms with Gasteiger partial charge in [0.1, 0.15) is 5.75 Å². The molecule has 0 bridgehead atoms. The molecule has 0 fully saturated rings. The minimum Gasteiger partial charge on any atom is -0.497 e. The molecule has 0 unspecified atom stereocenters. The van der Waals surface area contributed by atoms with Crippen LogP contribution in [0, 0.1) is 0 Å². The molecule has 0 radical (unpaired) electrons. The number of hydrogen-bond donors (Lipinski definition) is 1. The lowest BCUT2D eigenvalue weighted by molar-refractivity contribution is 0.0904. The highest BCUT2D eigenvalue weighted by atomic mass is 79.9. The monoisotopic (exact) mass is 347 g/mol. The van der Waals surface area contributed by atoms with Crippen molar-refractivity contribution in [1.82, 2.24) is 5.32 Å². The second-order valence-corrected chi connectivity index (χ2v) is 5.26. The largest absolute Gasteiger partial charge is 0.497 e. The molecule has 2 rings (SSSR count). The van der Waals surface area contributed by atoms with Crippen molar-refractivity contribution >= 4 is 27.6 Å². The van der Waals surface area contributed by atoms with E-state index in [0.29, 0.717) is 16.9 Å². The number of amides is 1. The lowest BCUT2D eigenvalue weighted by Crippen LogP contribution is -2.29. The standard InChI is InChI=1S/C16H14BrNO3/c1-21-14-8-4-12(5-9-14)16(20)18-10-15(19)11-2-6-13(17)7-3-11/h2-9H,10H2,1H3,(H,18,20). The summed E-state index contributed by atoms with van der Waals surface area (Å²) in [7, 11) is 1.56. The molecule has 4 nitrogen and oxygen atoms in total. The number of nitrogens with one attached hydrogen (secondary N) is 1. The summed E-state index contributed by atoms with van der Waals surface area (Å²) in [5, 5.41) is 2.61. The number of Topliss-reactive ketones (excluding diaryl/α,β-unsaturated/α-hetero) is 1. The van der Waals surface area contributed by atoms with Crippen LogP contribution in [0.25, 0.3) is 0 Å². The Hall–Kier alpha value is -2.14. The van der Waals surface area contributed by atoms with Crippen LogP contribution in [-0.4, -0.2) is 25.3 Å². The van der Waals surface area contributed by atoms with Gasteiger partial charge in [-0.25, -0.2) is 0 Å². The number of rotatable bonds is 5. The van der Waals surface area contributed by atoms with Gasteiger partial charge in [0.15, 0.2) is 5.78 Å². The first-order valence-electron chi connectivity index (χ1n) is 6.31. The number of hydrogen-bond acceptors (Lipinski definition) is 3. The van der Waals surface area contributed by atoms with Gasteiger partial charge >= 0.3 is 0 Å². The van der Waals surface area contributed by atoms with Crippen molar-refractivity contribution in [2.24, 2.45) is 0 Å². The third-order valence-electron chi connectivity index (χ3n) is 2.93. The Balaban J connectivity index is 1.93. The van der Waals surface area contributed by atoms with Gasteiger partial charge in [-0.15, -0.1) is 0 Å². The Bertz CT molecular complexity index is 636. The first kappa shape index (κ1) is 15.3. The van der Waals surface area contributed by atoms with Crippen LogP contribution in [-0.2, 0) is 0 Å². The topological polar surface area (TPSA) is 55.4 Å². The molecule has 0 atom stereocenters. The van der Waals surface area contributed by atoms with Crippen molar-refractivity contribution in [3.63, 3.8) is 0 Å². The summed E-state index contributed by atoms with van der Waals surface area (Å²) in [5.41, 5.74) is 1.05. The molecule has 1 N–H and O–H groups in total. The van der Waals surface area contributed by atoms with Crippen molar-refractivity contribution in [2.45, 2.75) is 0 Å². The van der Waals surface area contributed by atoms with Gasteiger partial charge in [0.2, 0.25) is 0 Å². The van der Waals surface area contributed by atoms with Gasteiger partial charge in [0, 0.05) is 15.6 Å². The Morgan fingerprint density at radius 3 is 2.14 bits per heavy atom. The molecule has 0 spiro atoms. The third kappa shape index (κ3) is 4.16. The van der Waals surface area contributed by atoms with Gasteiger partial charge in [-0.1, -0.05) is 28.1 Å². The van der Waals surface area contributed by atoms with Crippen LogP contribution >= 0.6 is 15.9 Å². The van der Waals surface area contributed by atoms with Gasteiger partial charge in [0.05, 0.1) is 13.7 Å². The smallest absolute Gasteiger partial charge is 0.251 e. The van der Waals surface area contributed by atoms with E-state index in [-0.39, 0.29) is 18.2 Å². The molecule has 0 saturated carbocycles. The number of carbonyl (C=O) groups excluding carboxylic acids is 2. The van der Waals surface area contributed by atoms with Crippen molar-refractivity contribution in [3.8, 4) is 5.75 Å². The molecule has 5 heteroatoms. The number of ether oxygens (including phenoxy) is 1. The van der Waals surface area contributed by atoms with Crippen LogP contribution in [0.4, 0.5) is 0 Å². The number of carbonyl (C=O) groups is 2. The van der Waals surface area contributed by atoms with Crippen LogP contribution < -0.4 is 10.1 Å². The zero-order valence-corrected chi connectivity index (χ0v) is 13.0. The maximum absolute atomic E-state index is 11.9. The summed E-state index contributed by atoms with van der Waals surface area (Å²) in [6.45, 7) is -0.0352. The Morgan fingerprint density at radius 1 is 1.00 bits per heavy atom. The Morgan fingerprint density at radius 2 is 1.57 bits per heavy atom. The lowest BCUT2D eigenvalue weighted by atomic mass is 10.1. The molecule has 108 valence electrons. The van der Waals surface area contributed by atoms with E-state index in [9.17, 15) is 9.59 Å². The average molecular weight is 348 g/mol. The Kier molecular flexibility index (Phi) is 5.11. The van der Waals surface area contributed by atoms with Gasteiger partial charge in [-0.2, -0.15) is 0 Å². The average Bonchev–Trinajstić information content (AvgIpc) is 2.53. The van der Waals surface area contributed by atoms with Crippen molar-refractivity contribution in [2.75, 3.05) is 13.7 Å². The van der Waals surface area contributed by atoms with E-state index in [1.807, 2.05) is 0 Å². The van der Waals surface area contributed by atoms with E-state index < -0.39 is 0 Å². The second kappa shape index (κ2) is 7.04. The first-order chi connectivity index (χ1) is 10.1. The predicted octanol–water partition coefficient (Wildman–Crippen LogP) is 3.07. The Labute approximate surface area is 131 Å². The molecule has 1 amide bonds. The normalized spacial score (nSPS) is 10.0. The van der Waals surface area contributed by atoms with Crippen LogP contribution in [0.3, 0.4) is 0 Å². The highest BCUT2D eigenvalue weighted by Crippen LogP contribution is 2.12. The fourth-order valence-electron chi connectivity index (χ4n) is 1.74. The van der Waals surface area contributed by atoms with Gasteiger partial charge in [-0.3, -0.25) is 9.59 Å². The minimum atomic E-state index is -0.289. The number of ketones is 1. The zero-order valence-electron chi connectivity index (χ0n) is 11.4. The minimum absolute atomic E-state index is 0.0352. The van der Waals surface area contributed by atoms with Crippen LogP contribution in [0.2, 0.25) is 0 Å². The molecule has 0 aliphatic heterocycles. The fraction of sp³-hybridized carbons (Fsp3) is 0.125. The number of halogens is 1. The SMILES string of the molecule is COc1ccc(C(=O)NCC(=O)c2ccc(Br)cc2)cc1. The van der Waals surface area contributed by atoms with E-state index >= 15 is 0 Å². The molecule has 0 aliphatic carbocycles. The summed E-state index contributed by atoms with van der Waals surface area (Å²) in [6, 6.07) is 13.7. The summed E-state index contributed by atoms with van der Waals surface area (Å²) < 4.78 is 5.93. The maximum Gasteiger partial charge on any atom is 0.251 e. The van der Waals surface area contributed by atoms with Crippen molar-refractivity contribution < 1.29 is 14.3 Å². The van der Waals surface area contributed by atoms with Gasteiger partial charge in [0.25, 0.3) is 5.91 Å². The quantitative estimate of drug-likeness (QED) is 0.845. The number of methoxy groups -OCH3 is 1. The summed E-state index contributed by atoms with van der Waals surface area (Å²) >= 11 is 3.31. The van der Waals surface area contributed by atoms with Crippen LogP contribution in [0.5, 0.6) is 5.75 Å². The molecular formula is C16H14BrNO3. The highest BCUT2D eigenvalue weighted by Gasteiger charge is 2.09. The van der Waals surface area contributed by atoms with Crippen LogP contribution in [0.15, 0.2) is 53.0 Å². The maximum atomic E-state index is 11.9. The zero-order chi connectivity index (χ0) is 15.2. The van der Waals surface area contributed by atoms with Crippen molar-refractivity contribution in [3.05, 3.63) is 64.1 Å². The molecule has 2 aromatic rings. The van der Waals surface area contributed by atoms with Gasteiger partial charge in [-0.05, 0) is 36.4 Å². The fourth-order valence-corrected chi connectivity index (χ4v) is 2.01. The summed E-state index contributed by atoms with van der Waals surface area (Å²) in [6.07, 6.45) is 0. The van der Waals surface area contributed by atoms with E-state index in [0.717, 1.165) is 4.47 Å². The third-order valence-corrected chi connectivity index (χ3v) is 3.46. The van der Waals surface area contributed by atoms with Crippen LogP contribution in [0.1, 0.15) is 20.7 Å². The van der Waals surface area contributed by atoms with Crippen molar-refractivity contribution in [1.29, 1.82) is 0 Å². The molecule has 2 aromatic carbocycles. The molecular weight excluding hydrogens is 334 g/mol. The first-order valence-corrected chi connectivity index (χ1v) is 7.10. The molecule has 0 heterocycles. The van der Waals surface area contributed by atoms with E-state index in [2.05, 4.69) is 21.2 Å². The van der Waals surface area contributed by atoms with Gasteiger partial charge < -0.3 is 10.1 Å². The van der Waals surface area contributed by atoms with E-state index in [1.165, 1.54) is 0 Å². The predicted molar refractivity (Wildman–Crippen MR) is 83.8 cm³/mol. The molecule has 0 saturated heterocycles. The molecule has 0 aliphatic rings. The number of benzene rings is 2. The molecule has 21 heavy (non-hydrogen) atoms. The van der Waals surface area contributed by atoms with E-state index in [1.54, 1.807) is 55.6 Å². The summed E-state index contributed by atoms with van der Waals surface area (Å²) in [4.78, 5) is 23.9. The second-order valence-electron chi connectivity index (χ2n) is 4.34. The lowest BCUT2D eigenvalue weighted by Gasteiger charge is -2.06. The highest BCUT2D eigenvalue weighted by molar-refractivity contribution is 9.10. The van der Waals surface area contributed by atoms with E-state index in [4.69, 9.17) is 4.74 Å².